The predicted molar refractivity (Wildman–Crippen MR) is 117 cm³/mol. The lowest BCUT2D eigenvalue weighted by Gasteiger charge is -2.18. The maximum atomic E-state index is 12.8. The quantitative estimate of drug-likeness (QED) is 0.570. The lowest BCUT2D eigenvalue weighted by Crippen LogP contribution is -2.27. The largest absolute Gasteiger partial charge is 0.358 e. The standard InChI is InChI=1S/C24H27N3O2/c1-24(2,3)23(29)26-17-8-6-7-16(14-17)25-22(28)15-11-12-21-19(13-15)18-9-4-5-10-20(18)27-21/h6-8,11-14,27H,4-5,9-10H2,1-3H3,(H,25,28)(H,26,29). The fourth-order valence-corrected chi connectivity index (χ4v) is 3.74. The first-order chi connectivity index (χ1) is 13.8. The van der Waals surface area contributed by atoms with Crippen LogP contribution in [0.15, 0.2) is 42.5 Å². The van der Waals surface area contributed by atoms with Crippen molar-refractivity contribution in [1.29, 1.82) is 0 Å². The Kier molecular flexibility index (Phi) is 4.91. The van der Waals surface area contributed by atoms with Crippen molar-refractivity contribution in [3.63, 3.8) is 0 Å². The number of rotatable bonds is 3. The van der Waals surface area contributed by atoms with E-state index in [-0.39, 0.29) is 11.8 Å². The molecule has 1 aliphatic rings. The molecule has 0 saturated heterocycles. The Hall–Kier alpha value is -3.08. The molecule has 1 aliphatic carbocycles. The van der Waals surface area contributed by atoms with E-state index in [0.717, 1.165) is 23.7 Å². The van der Waals surface area contributed by atoms with Crippen molar-refractivity contribution in [3.8, 4) is 0 Å². The van der Waals surface area contributed by atoms with Gasteiger partial charge in [-0.05, 0) is 67.6 Å². The molecule has 2 aromatic carbocycles. The second kappa shape index (κ2) is 7.39. The Bertz CT molecular complexity index is 1090. The van der Waals surface area contributed by atoms with Gasteiger partial charge in [-0.3, -0.25) is 9.59 Å². The number of carbonyl (C=O) groups is 2. The van der Waals surface area contributed by atoms with Crippen LogP contribution in [0.3, 0.4) is 0 Å². The highest BCUT2D eigenvalue weighted by Gasteiger charge is 2.21. The van der Waals surface area contributed by atoms with Gasteiger partial charge in [-0.15, -0.1) is 0 Å². The number of aromatic amines is 1. The van der Waals surface area contributed by atoms with Crippen LogP contribution < -0.4 is 10.6 Å². The summed E-state index contributed by atoms with van der Waals surface area (Å²) in [7, 11) is 0. The minimum Gasteiger partial charge on any atom is -0.358 e. The van der Waals surface area contributed by atoms with Crippen LogP contribution in [0.5, 0.6) is 0 Å². The number of nitrogens with one attached hydrogen (secondary N) is 3. The summed E-state index contributed by atoms with van der Waals surface area (Å²) in [4.78, 5) is 28.5. The van der Waals surface area contributed by atoms with Crippen LogP contribution in [0.2, 0.25) is 0 Å². The maximum Gasteiger partial charge on any atom is 0.255 e. The van der Waals surface area contributed by atoms with Gasteiger partial charge in [0.15, 0.2) is 0 Å². The van der Waals surface area contributed by atoms with Gasteiger partial charge in [0.2, 0.25) is 5.91 Å². The van der Waals surface area contributed by atoms with E-state index in [1.165, 1.54) is 24.1 Å². The average molecular weight is 389 g/mol. The summed E-state index contributed by atoms with van der Waals surface area (Å²) < 4.78 is 0. The monoisotopic (exact) mass is 389 g/mol. The molecule has 3 N–H and O–H groups in total. The predicted octanol–water partition coefficient (Wildman–Crippen LogP) is 5.28. The number of aromatic nitrogens is 1. The second-order valence-corrected chi connectivity index (χ2v) is 8.79. The van der Waals surface area contributed by atoms with Gasteiger partial charge in [-0.1, -0.05) is 26.8 Å². The summed E-state index contributed by atoms with van der Waals surface area (Å²) in [6.07, 6.45) is 4.56. The van der Waals surface area contributed by atoms with Crippen molar-refractivity contribution in [2.24, 2.45) is 5.41 Å². The molecule has 0 radical (unpaired) electrons. The van der Waals surface area contributed by atoms with Gasteiger partial charge in [0.25, 0.3) is 5.91 Å². The zero-order valence-corrected chi connectivity index (χ0v) is 17.2. The number of carbonyl (C=O) groups excluding carboxylic acids is 2. The highest BCUT2D eigenvalue weighted by molar-refractivity contribution is 6.07. The lowest BCUT2D eigenvalue weighted by molar-refractivity contribution is -0.123. The van der Waals surface area contributed by atoms with Gasteiger partial charge in [-0.25, -0.2) is 0 Å². The number of amides is 2. The van der Waals surface area contributed by atoms with Crippen molar-refractivity contribution in [2.45, 2.75) is 46.5 Å². The van der Waals surface area contributed by atoms with Crippen molar-refractivity contribution in [3.05, 3.63) is 59.3 Å². The number of aryl methyl sites for hydroxylation is 2. The van der Waals surface area contributed by atoms with Gasteiger partial charge in [0.05, 0.1) is 0 Å². The third kappa shape index (κ3) is 4.04. The van der Waals surface area contributed by atoms with Crippen molar-refractivity contribution in [1.82, 2.24) is 4.98 Å². The van der Waals surface area contributed by atoms with Gasteiger partial charge >= 0.3 is 0 Å². The molecular formula is C24H27N3O2. The molecule has 0 fully saturated rings. The van der Waals surface area contributed by atoms with E-state index in [1.54, 1.807) is 6.07 Å². The fourth-order valence-electron chi connectivity index (χ4n) is 3.74. The van der Waals surface area contributed by atoms with Gasteiger partial charge in [-0.2, -0.15) is 0 Å². The van der Waals surface area contributed by atoms with Crippen LogP contribution in [0.25, 0.3) is 10.9 Å². The Labute approximate surface area is 170 Å². The summed E-state index contributed by atoms with van der Waals surface area (Å²) in [5.41, 5.74) is 5.23. The van der Waals surface area contributed by atoms with E-state index in [0.29, 0.717) is 16.9 Å². The highest BCUT2D eigenvalue weighted by atomic mass is 16.2. The number of benzene rings is 2. The third-order valence-electron chi connectivity index (χ3n) is 5.42. The van der Waals surface area contributed by atoms with Crippen LogP contribution in [-0.4, -0.2) is 16.8 Å². The molecule has 3 aromatic rings. The number of fused-ring (bicyclic) bond motifs is 3. The normalized spacial score (nSPS) is 13.8. The minimum atomic E-state index is -0.482. The molecule has 0 bridgehead atoms. The molecular weight excluding hydrogens is 362 g/mol. The summed E-state index contributed by atoms with van der Waals surface area (Å²) >= 11 is 0. The van der Waals surface area contributed by atoms with E-state index < -0.39 is 5.41 Å². The van der Waals surface area contributed by atoms with Crippen molar-refractivity contribution in [2.75, 3.05) is 10.6 Å². The molecule has 5 heteroatoms. The second-order valence-electron chi connectivity index (χ2n) is 8.79. The summed E-state index contributed by atoms with van der Waals surface area (Å²) in [6, 6.07) is 13.1. The smallest absolute Gasteiger partial charge is 0.255 e. The zero-order valence-electron chi connectivity index (χ0n) is 17.2. The molecule has 0 saturated carbocycles. The first kappa shape index (κ1) is 19.2. The SMILES string of the molecule is CC(C)(C)C(=O)Nc1cccc(NC(=O)c2ccc3[nH]c4c(c3c2)CCCC4)c1. The van der Waals surface area contributed by atoms with E-state index in [1.807, 2.05) is 57.2 Å². The van der Waals surface area contributed by atoms with Crippen LogP contribution in [0.4, 0.5) is 11.4 Å². The average Bonchev–Trinajstić information content (AvgIpc) is 3.05. The molecule has 1 aromatic heterocycles. The molecule has 1 heterocycles. The molecule has 0 spiro atoms. The molecule has 5 nitrogen and oxygen atoms in total. The number of hydrogen-bond acceptors (Lipinski definition) is 2. The Balaban J connectivity index is 1.54. The summed E-state index contributed by atoms with van der Waals surface area (Å²) in [5.74, 6) is -0.222. The van der Waals surface area contributed by atoms with Gasteiger partial charge < -0.3 is 15.6 Å². The molecule has 0 atom stereocenters. The van der Waals surface area contributed by atoms with E-state index >= 15 is 0 Å². The van der Waals surface area contributed by atoms with Crippen LogP contribution in [0, 0.1) is 5.41 Å². The minimum absolute atomic E-state index is 0.0661. The van der Waals surface area contributed by atoms with E-state index in [4.69, 9.17) is 0 Å². The van der Waals surface area contributed by atoms with Gasteiger partial charge in [0, 0.05) is 39.0 Å². The topological polar surface area (TPSA) is 74.0 Å². The van der Waals surface area contributed by atoms with Gasteiger partial charge in [0.1, 0.15) is 0 Å². The van der Waals surface area contributed by atoms with Crippen molar-refractivity contribution >= 4 is 34.1 Å². The molecule has 150 valence electrons. The summed E-state index contributed by atoms with van der Waals surface area (Å²) in [6.45, 7) is 5.59. The molecule has 2 amide bonds. The zero-order chi connectivity index (χ0) is 20.6. The van der Waals surface area contributed by atoms with E-state index in [9.17, 15) is 9.59 Å². The number of hydrogen-bond donors (Lipinski definition) is 3. The summed E-state index contributed by atoms with van der Waals surface area (Å²) in [5, 5.41) is 6.99. The highest BCUT2D eigenvalue weighted by Crippen LogP contribution is 2.30. The number of anilines is 2. The molecule has 0 unspecified atom stereocenters. The maximum absolute atomic E-state index is 12.8. The fraction of sp³-hybridized carbons (Fsp3) is 0.333. The first-order valence-electron chi connectivity index (χ1n) is 10.2. The third-order valence-corrected chi connectivity index (χ3v) is 5.42. The first-order valence-corrected chi connectivity index (χ1v) is 10.2. The Morgan fingerprint density at radius 2 is 1.66 bits per heavy atom. The Morgan fingerprint density at radius 3 is 2.41 bits per heavy atom. The molecule has 4 rings (SSSR count). The van der Waals surface area contributed by atoms with Crippen LogP contribution in [0.1, 0.15) is 55.2 Å². The van der Waals surface area contributed by atoms with Crippen molar-refractivity contribution < 1.29 is 9.59 Å². The van der Waals surface area contributed by atoms with E-state index in [2.05, 4.69) is 15.6 Å². The molecule has 0 aliphatic heterocycles. The Morgan fingerprint density at radius 1 is 0.931 bits per heavy atom. The lowest BCUT2D eigenvalue weighted by atomic mass is 9.95. The molecule has 29 heavy (non-hydrogen) atoms. The number of H-pyrrole nitrogens is 1. The van der Waals surface area contributed by atoms with Crippen LogP contribution in [-0.2, 0) is 17.6 Å². The van der Waals surface area contributed by atoms with Crippen LogP contribution >= 0.6 is 0 Å².